The van der Waals surface area contributed by atoms with Gasteiger partial charge < -0.3 is 15.4 Å². The fourth-order valence-electron chi connectivity index (χ4n) is 2.40. The van der Waals surface area contributed by atoms with Crippen molar-refractivity contribution in [1.82, 2.24) is 15.5 Å². The largest absolute Gasteiger partial charge is 0.381 e. The molecule has 18 heavy (non-hydrogen) atoms. The first-order valence-corrected chi connectivity index (χ1v) is 6.50. The van der Waals surface area contributed by atoms with Crippen molar-refractivity contribution in [3.63, 3.8) is 0 Å². The normalized spacial score (nSPS) is 22.9. The van der Waals surface area contributed by atoms with Crippen molar-refractivity contribution < 1.29 is 14.3 Å². The average Bonchev–Trinajstić information content (AvgIpc) is 2.54. The first-order valence-electron chi connectivity index (χ1n) is 6.50. The number of carbonyl (C=O) groups is 2. The Morgan fingerprint density at radius 2 is 2.06 bits per heavy atom. The number of nitrogens with zero attached hydrogens (tertiary/aromatic N) is 1. The highest BCUT2D eigenvalue weighted by Gasteiger charge is 2.51. The summed E-state index contributed by atoms with van der Waals surface area (Å²) in [5.41, 5.74) is -0.701. The molecule has 6 heteroatoms. The lowest BCUT2D eigenvalue weighted by molar-refractivity contribution is -0.134. The third-order valence-corrected chi connectivity index (χ3v) is 3.48. The molecule has 2 fully saturated rings. The zero-order chi connectivity index (χ0) is 13.2. The van der Waals surface area contributed by atoms with Gasteiger partial charge in [-0.05, 0) is 0 Å². The third kappa shape index (κ3) is 2.49. The summed E-state index contributed by atoms with van der Waals surface area (Å²) in [6.45, 7) is 6.18. The number of hydrogen-bond donors (Lipinski definition) is 2. The van der Waals surface area contributed by atoms with Crippen LogP contribution in [0.5, 0.6) is 0 Å². The predicted molar refractivity (Wildman–Crippen MR) is 66.2 cm³/mol. The Morgan fingerprint density at radius 1 is 1.39 bits per heavy atom. The van der Waals surface area contributed by atoms with Crippen LogP contribution >= 0.6 is 0 Å². The number of carbonyl (C=O) groups excluding carboxylic acids is 2. The first-order chi connectivity index (χ1) is 8.55. The molecule has 0 aromatic heterocycles. The van der Waals surface area contributed by atoms with Gasteiger partial charge in [-0.3, -0.25) is 9.69 Å². The quantitative estimate of drug-likeness (QED) is 0.698. The van der Waals surface area contributed by atoms with E-state index in [1.165, 1.54) is 4.90 Å². The molecule has 0 unspecified atom stereocenters. The molecule has 0 radical (unpaired) electrons. The molecule has 102 valence electrons. The highest BCUT2D eigenvalue weighted by Crippen LogP contribution is 2.28. The maximum atomic E-state index is 12.3. The van der Waals surface area contributed by atoms with Crippen LogP contribution in [0.15, 0.2) is 0 Å². The number of amides is 3. The Morgan fingerprint density at radius 3 is 2.67 bits per heavy atom. The van der Waals surface area contributed by atoms with Crippen LogP contribution in [-0.2, 0) is 9.53 Å². The molecule has 0 aliphatic carbocycles. The summed E-state index contributed by atoms with van der Waals surface area (Å²) in [4.78, 5) is 25.5. The highest BCUT2D eigenvalue weighted by atomic mass is 16.5. The molecule has 2 saturated heterocycles. The molecule has 0 aromatic carbocycles. The van der Waals surface area contributed by atoms with E-state index in [2.05, 4.69) is 10.6 Å². The van der Waals surface area contributed by atoms with Gasteiger partial charge in [0.1, 0.15) is 5.54 Å². The lowest BCUT2D eigenvalue weighted by Gasteiger charge is -2.30. The molecule has 0 aromatic rings. The lowest BCUT2D eigenvalue weighted by atomic mass is 9.90. The zero-order valence-electron chi connectivity index (χ0n) is 11.0. The molecule has 2 aliphatic heterocycles. The van der Waals surface area contributed by atoms with E-state index < -0.39 is 5.54 Å². The van der Waals surface area contributed by atoms with Crippen LogP contribution in [0.2, 0.25) is 0 Å². The zero-order valence-corrected chi connectivity index (χ0v) is 11.0. The van der Waals surface area contributed by atoms with Crippen LogP contribution in [0.25, 0.3) is 0 Å². The topological polar surface area (TPSA) is 70.7 Å². The second-order valence-corrected chi connectivity index (χ2v) is 5.19. The first kappa shape index (κ1) is 13.3. The smallest absolute Gasteiger partial charge is 0.325 e. The molecule has 1 spiro atoms. The van der Waals surface area contributed by atoms with Crippen molar-refractivity contribution in [3.05, 3.63) is 0 Å². The van der Waals surface area contributed by atoms with Gasteiger partial charge in [-0.1, -0.05) is 13.8 Å². The van der Waals surface area contributed by atoms with Crippen LogP contribution in [0, 0.1) is 0 Å². The second-order valence-electron chi connectivity index (χ2n) is 5.19. The van der Waals surface area contributed by atoms with Crippen LogP contribution < -0.4 is 10.6 Å². The Balaban J connectivity index is 1.96. The second kappa shape index (κ2) is 5.24. The van der Waals surface area contributed by atoms with Crippen LogP contribution in [-0.4, -0.2) is 54.7 Å². The summed E-state index contributed by atoms with van der Waals surface area (Å²) in [5, 5.41) is 6.04. The van der Waals surface area contributed by atoms with Gasteiger partial charge >= 0.3 is 6.03 Å². The summed E-state index contributed by atoms with van der Waals surface area (Å²) >= 11 is 0. The van der Waals surface area contributed by atoms with Crippen molar-refractivity contribution in [1.29, 1.82) is 0 Å². The van der Waals surface area contributed by atoms with E-state index in [1.54, 1.807) is 0 Å². The Labute approximate surface area is 107 Å². The number of imide groups is 1. The van der Waals surface area contributed by atoms with E-state index in [4.69, 9.17) is 4.74 Å². The molecule has 3 amide bonds. The van der Waals surface area contributed by atoms with Gasteiger partial charge in [0, 0.05) is 45.2 Å². The van der Waals surface area contributed by atoms with Gasteiger partial charge in [-0.15, -0.1) is 0 Å². The minimum absolute atomic E-state index is 0.0960. The van der Waals surface area contributed by atoms with E-state index in [1.807, 2.05) is 13.8 Å². The Bertz CT molecular complexity index is 337. The van der Waals surface area contributed by atoms with Crippen molar-refractivity contribution in [2.24, 2.45) is 0 Å². The molecule has 0 bridgehead atoms. The van der Waals surface area contributed by atoms with Gasteiger partial charge in [0.25, 0.3) is 5.91 Å². The number of nitrogens with one attached hydrogen (secondary N) is 2. The number of ether oxygens (including phenoxy) is 1. The van der Waals surface area contributed by atoms with Gasteiger partial charge in [-0.25, -0.2) is 4.79 Å². The molecule has 0 atom stereocenters. The van der Waals surface area contributed by atoms with Crippen LogP contribution in [0.1, 0.15) is 26.7 Å². The predicted octanol–water partition coefficient (Wildman–Crippen LogP) is 0.0854. The summed E-state index contributed by atoms with van der Waals surface area (Å²) < 4.78 is 5.25. The van der Waals surface area contributed by atoms with E-state index in [9.17, 15) is 9.59 Å². The molecular formula is C12H21N3O3. The van der Waals surface area contributed by atoms with Gasteiger partial charge in [0.15, 0.2) is 0 Å². The van der Waals surface area contributed by atoms with Crippen molar-refractivity contribution >= 4 is 11.9 Å². The number of rotatable bonds is 4. The van der Waals surface area contributed by atoms with Crippen LogP contribution in [0.4, 0.5) is 4.79 Å². The average molecular weight is 255 g/mol. The molecule has 2 heterocycles. The summed E-state index contributed by atoms with van der Waals surface area (Å²) in [6, 6.07) is 0.0789. The van der Waals surface area contributed by atoms with E-state index in [0.29, 0.717) is 45.2 Å². The van der Waals surface area contributed by atoms with Crippen molar-refractivity contribution in [3.8, 4) is 0 Å². The molecule has 2 rings (SSSR count). The number of urea groups is 1. The standard InChI is InChI=1S/C12H21N3O3/c1-9(2)13-5-6-15-10(16)12(14-11(15)17)3-7-18-8-4-12/h9,13H,3-8H2,1-2H3,(H,14,17). The minimum atomic E-state index is -0.701. The molecular weight excluding hydrogens is 234 g/mol. The summed E-state index contributed by atoms with van der Waals surface area (Å²) in [6.07, 6.45) is 1.15. The number of hydrogen-bond acceptors (Lipinski definition) is 4. The maximum Gasteiger partial charge on any atom is 0.325 e. The fraction of sp³-hybridized carbons (Fsp3) is 0.833. The molecule has 0 saturated carbocycles. The van der Waals surface area contributed by atoms with Gasteiger partial charge in [0.05, 0.1) is 0 Å². The van der Waals surface area contributed by atoms with E-state index >= 15 is 0 Å². The van der Waals surface area contributed by atoms with Crippen LogP contribution in [0.3, 0.4) is 0 Å². The minimum Gasteiger partial charge on any atom is -0.381 e. The SMILES string of the molecule is CC(C)NCCN1C(=O)NC2(CCOCC2)C1=O. The summed E-state index contributed by atoms with van der Waals surface area (Å²) in [5.74, 6) is -0.0960. The molecule has 2 aliphatic rings. The Hall–Kier alpha value is -1.14. The summed E-state index contributed by atoms with van der Waals surface area (Å²) in [7, 11) is 0. The van der Waals surface area contributed by atoms with Crippen molar-refractivity contribution in [2.45, 2.75) is 38.3 Å². The fourth-order valence-corrected chi connectivity index (χ4v) is 2.40. The maximum absolute atomic E-state index is 12.3. The van der Waals surface area contributed by atoms with E-state index in [0.717, 1.165) is 0 Å². The lowest BCUT2D eigenvalue weighted by Crippen LogP contribution is -2.51. The van der Waals surface area contributed by atoms with Gasteiger partial charge in [0.2, 0.25) is 0 Å². The molecule has 6 nitrogen and oxygen atoms in total. The highest BCUT2D eigenvalue weighted by molar-refractivity contribution is 6.07. The van der Waals surface area contributed by atoms with E-state index in [-0.39, 0.29) is 11.9 Å². The monoisotopic (exact) mass is 255 g/mol. The molecule has 2 N–H and O–H groups in total. The van der Waals surface area contributed by atoms with Gasteiger partial charge in [-0.2, -0.15) is 0 Å². The van der Waals surface area contributed by atoms with Crippen molar-refractivity contribution in [2.75, 3.05) is 26.3 Å². The Kier molecular flexibility index (Phi) is 3.87. The third-order valence-electron chi connectivity index (χ3n) is 3.48.